The van der Waals surface area contributed by atoms with Gasteiger partial charge in [-0.25, -0.2) is 4.98 Å². The molecule has 5 nitrogen and oxygen atoms in total. The van der Waals surface area contributed by atoms with Crippen LogP contribution in [-0.2, 0) is 6.54 Å². The minimum atomic E-state index is 0.271. The average molecular weight is 337 g/mol. The number of ether oxygens (including phenoxy) is 3. The number of benzene rings is 1. The van der Waals surface area contributed by atoms with Crippen LogP contribution in [0, 0.1) is 0 Å². The second-order valence-corrected chi connectivity index (χ2v) is 5.11. The van der Waals surface area contributed by atoms with E-state index in [1.807, 2.05) is 24.3 Å². The van der Waals surface area contributed by atoms with Gasteiger partial charge >= 0.3 is 0 Å². The summed E-state index contributed by atoms with van der Waals surface area (Å²) in [4.78, 5) is 4.15. The van der Waals surface area contributed by atoms with Gasteiger partial charge in [0, 0.05) is 12.6 Å². The maximum Gasteiger partial charge on any atom is 0.231 e. The second kappa shape index (κ2) is 5.58. The first kappa shape index (κ1) is 13.1. The normalized spacial score (nSPS) is 12.3. The van der Waals surface area contributed by atoms with E-state index in [-0.39, 0.29) is 6.79 Å². The molecule has 2 heterocycles. The van der Waals surface area contributed by atoms with E-state index in [1.54, 1.807) is 13.3 Å². The first-order valence-electron chi connectivity index (χ1n) is 6.08. The standard InChI is InChI=1S/C14H13BrN2O3/c1-18-13-3-2-10(7-17-13)16-6-9-4-11(15)14-12(5-9)19-8-20-14/h2-5,7,16H,6,8H2,1H3. The van der Waals surface area contributed by atoms with Crippen LogP contribution in [0.4, 0.5) is 5.69 Å². The topological polar surface area (TPSA) is 52.6 Å². The van der Waals surface area contributed by atoms with E-state index in [4.69, 9.17) is 14.2 Å². The Morgan fingerprint density at radius 2 is 2.25 bits per heavy atom. The quantitative estimate of drug-likeness (QED) is 0.929. The van der Waals surface area contributed by atoms with E-state index < -0.39 is 0 Å². The van der Waals surface area contributed by atoms with Crippen LogP contribution in [0.15, 0.2) is 34.9 Å². The summed E-state index contributed by atoms with van der Waals surface area (Å²) in [5, 5.41) is 3.30. The highest BCUT2D eigenvalue weighted by atomic mass is 79.9. The first-order valence-corrected chi connectivity index (χ1v) is 6.87. The maximum absolute atomic E-state index is 5.39. The molecule has 2 aromatic rings. The number of halogens is 1. The Bertz CT molecular complexity index is 617. The predicted molar refractivity (Wildman–Crippen MR) is 78.4 cm³/mol. The number of hydrogen-bond donors (Lipinski definition) is 1. The van der Waals surface area contributed by atoms with Crippen molar-refractivity contribution in [1.82, 2.24) is 4.98 Å². The van der Waals surface area contributed by atoms with Gasteiger partial charge in [-0.3, -0.25) is 0 Å². The molecule has 1 aromatic carbocycles. The number of aromatic nitrogens is 1. The van der Waals surface area contributed by atoms with Gasteiger partial charge in [0.05, 0.1) is 23.5 Å². The zero-order chi connectivity index (χ0) is 13.9. The molecule has 20 heavy (non-hydrogen) atoms. The van der Waals surface area contributed by atoms with Crippen molar-refractivity contribution in [3.63, 3.8) is 0 Å². The summed E-state index contributed by atoms with van der Waals surface area (Å²) < 4.78 is 16.7. The lowest BCUT2D eigenvalue weighted by atomic mass is 10.2. The fourth-order valence-corrected chi connectivity index (χ4v) is 2.54. The van der Waals surface area contributed by atoms with Crippen LogP contribution in [0.3, 0.4) is 0 Å². The molecule has 0 saturated carbocycles. The Hall–Kier alpha value is -1.95. The van der Waals surface area contributed by atoms with Crippen LogP contribution in [-0.4, -0.2) is 18.9 Å². The zero-order valence-electron chi connectivity index (χ0n) is 10.9. The van der Waals surface area contributed by atoms with Crippen LogP contribution in [0.1, 0.15) is 5.56 Å². The van der Waals surface area contributed by atoms with Crippen molar-refractivity contribution in [1.29, 1.82) is 0 Å². The number of fused-ring (bicyclic) bond motifs is 1. The number of rotatable bonds is 4. The Morgan fingerprint density at radius 1 is 1.35 bits per heavy atom. The van der Waals surface area contributed by atoms with Gasteiger partial charge in [-0.1, -0.05) is 0 Å². The molecule has 0 bridgehead atoms. The monoisotopic (exact) mass is 336 g/mol. The molecule has 1 N–H and O–H groups in total. The van der Waals surface area contributed by atoms with Gasteiger partial charge in [-0.15, -0.1) is 0 Å². The fraction of sp³-hybridized carbons (Fsp3) is 0.214. The van der Waals surface area contributed by atoms with Crippen LogP contribution >= 0.6 is 15.9 Å². The third-order valence-corrected chi connectivity index (χ3v) is 3.52. The summed E-state index contributed by atoms with van der Waals surface area (Å²) in [7, 11) is 1.60. The van der Waals surface area contributed by atoms with E-state index >= 15 is 0 Å². The van der Waals surface area contributed by atoms with Gasteiger partial charge in [0.2, 0.25) is 12.7 Å². The summed E-state index contributed by atoms with van der Waals surface area (Å²) in [5.41, 5.74) is 2.02. The summed E-state index contributed by atoms with van der Waals surface area (Å²) in [6, 6.07) is 7.72. The molecule has 1 aliphatic heterocycles. The minimum Gasteiger partial charge on any atom is -0.481 e. The molecule has 0 radical (unpaired) electrons. The van der Waals surface area contributed by atoms with E-state index in [0.717, 1.165) is 27.2 Å². The lowest BCUT2D eigenvalue weighted by molar-refractivity contribution is 0.173. The van der Waals surface area contributed by atoms with Crippen LogP contribution in [0.2, 0.25) is 0 Å². The van der Waals surface area contributed by atoms with Crippen molar-refractivity contribution < 1.29 is 14.2 Å². The maximum atomic E-state index is 5.39. The van der Waals surface area contributed by atoms with Crippen LogP contribution in [0.25, 0.3) is 0 Å². The van der Waals surface area contributed by atoms with E-state index in [1.165, 1.54) is 0 Å². The number of pyridine rings is 1. The molecule has 6 heteroatoms. The number of hydrogen-bond acceptors (Lipinski definition) is 5. The summed E-state index contributed by atoms with van der Waals surface area (Å²) >= 11 is 3.48. The molecular weight excluding hydrogens is 324 g/mol. The largest absolute Gasteiger partial charge is 0.481 e. The smallest absolute Gasteiger partial charge is 0.231 e. The first-order chi connectivity index (χ1) is 9.76. The Kier molecular flexibility index (Phi) is 3.64. The summed E-state index contributed by atoms with van der Waals surface area (Å²) in [5.74, 6) is 2.13. The number of nitrogens with one attached hydrogen (secondary N) is 1. The van der Waals surface area contributed by atoms with Gasteiger partial charge in [0.1, 0.15) is 0 Å². The molecule has 0 atom stereocenters. The summed E-state index contributed by atoms with van der Waals surface area (Å²) in [6.45, 7) is 0.941. The molecule has 0 unspecified atom stereocenters. The molecule has 3 rings (SSSR count). The Morgan fingerprint density at radius 3 is 3.00 bits per heavy atom. The number of anilines is 1. The number of methoxy groups -OCH3 is 1. The van der Waals surface area contributed by atoms with Gasteiger partial charge in [-0.2, -0.15) is 0 Å². The Labute approximate surface area is 125 Å². The molecule has 0 saturated heterocycles. The minimum absolute atomic E-state index is 0.271. The predicted octanol–water partition coefficient (Wildman–Crippen LogP) is 3.19. The SMILES string of the molecule is COc1ccc(NCc2cc(Br)c3c(c2)OCO3)cn1. The van der Waals surface area contributed by atoms with Crippen molar-refractivity contribution in [2.75, 3.05) is 19.2 Å². The van der Waals surface area contributed by atoms with Crippen molar-refractivity contribution in [3.8, 4) is 17.4 Å². The molecular formula is C14H13BrN2O3. The van der Waals surface area contributed by atoms with Crippen molar-refractivity contribution in [2.45, 2.75) is 6.54 Å². The highest BCUT2D eigenvalue weighted by Crippen LogP contribution is 2.40. The lowest BCUT2D eigenvalue weighted by Gasteiger charge is -2.08. The number of nitrogens with zero attached hydrogens (tertiary/aromatic N) is 1. The summed E-state index contributed by atoms with van der Waals surface area (Å²) in [6.07, 6.45) is 1.74. The van der Waals surface area contributed by atoms with E-state index in [9.17, 15) is 0 Å². The second-order valence-electron chi connectivity index (χ2n) is 4.25. The Balaban J connectivity index is 1.70. The van der Waals surface area contributed by atoms with Gasteiger partial charge in [0.25, 0.3) is 0 Å². The highest BCUT2D eigenvalue weighted by molar-refractivity contribution is 9.10. The fourth-order valence-electron chi connectivity index (χ4n) is 1.93. The van der Waals surface area contributed by atoms with Gasteiger partial charge < -0.3 is 19.5 Å². The third kappa shape index (κ3) is 2.65. The third-order valence-electron chi connectivity index (χ3n) is 2.93. The van der Waals surface area contributed by atoms with E-state index in [0.29, 0.717) is 12.4 Å². The molecule has 0 spiro atoms. The molecule has 0 fully saturated rings. The molecule has 104 valence electrons. The van der Waals surface area contributed by atoms with Gasteiger partial charge in [0.15, 0.2) is 11.5 Å². The van der Waals surface area contributed by atoms with E-state index in [2.05, 4.69) is 26.2 Å². The molecule has 0 amide bonds. The van der Waals surface area contributed by atoms with Crippen LogP contribution in [0.5, 0.6) is 17.4 Å². The highest BCUT2D eigenvalue weighted by Gasteiger charge is 2.17. The molecule has 1 aromatic heterocycles. The molecule has 0 aliphatic carbocycles. The average Bonchev–Trinajstić information content (AvgIpc) is 2.94. The van der Waals surface area contributed by atoms with Gasteiger partial charge in [-0.05, 0) is 39.7 Å². The van der Waals surface area contributed by atoms with Crippen molar-refractivity contribution in [2.24, 2.45) is 0 Å². The van der Waals surface area contributed by atoms with Crippen molar-refractivity contribution >= 4 is 21.6 Å². The molecule has 1 aliphatic rings. The lowest BCUT2D eigenvalue weighted by Crippen LogP contribution is -2.00. The van der Waals surface area contributed by atoms with Crippen molar-refractivity contribution in [3.05, 3.63) is 40.5 Å². The van der Waals surface area contributed by atoms with Crippen LogP contribution < -0.4 is 19.5 Å². The zero-order valence-corrected chi connectivity index (χ0v) is 12.4.